The molecule has 0 spiro atoms. The molecule has 5 nitrogen and oxygen atoms in total. The number of nitrogens with zero attached hydrogens (tertiary/aromatic N) is 4. The molecule has 1 saturated heterocycles. The van der Waals surface area contributed by atoms with Crippen molar-refractivity contribution in [3.8, 4) is 0 Å². The van der Waals surface area contributed by atoms with Crippen LogP contribution in [0.5, 0.6) is 0 Å². The quantitative estimate of drug-likeness (QED) is 0.842. The summed E-state index contributed by atoms with van der Waals surface area (Å²) in [5.74, 6) is 1.69. The molecule has 1 fully saturated rings. The SMILES string of the molecule is Cc1nsc(N2CCC(CC(=O)N3CCc4sccc4C3)CC2)n1. The normalized spacial score (nSPS) is 18.7. The van der Waals surface area contributed by atoms with Gasteiger partial charge in [0.05, 0.1) is 0 Å². The van der Waals surface area contributed by atoms with E-state index in [9.17, 15) is 4.79 Å². The molecule has 7 heteroatoms. The van der Waals surface area contributed by atoms with Gasteiger partial charge in [-0.25, -0.2) is 4.98 Å². The van der Waals surface area contributed by atoms with Crippen molar-refractivity contribution in [3.05, 3.63) is 27.7 Å². The number of hydrogen-bond acceptors (Lipinski definition) is 6. The number of carbonyl (C=O) groups is 1. The lowest BCUT2D eigenvalue weighted by Crippen LogP contribution is -2.39. The number of thiophene rings is 1. The maximum absolute atomic E-state index is 12.6. The van der Waals surface area contributed by atoms with Crippen LogP contribution in [0.4, 0.5) is 5.13 Å². The van der Waals surface area contributed by atoms with Gasteiger partial charge in [-0.15, -0.1) is 11.3 Å². The number of hydrogen-bond donors (Lipinski definition) is 0. The molecule has 4 rings (SSSR count). The van der Waals surface area contributed by atoms with Crippen LogP contribution in [0.2, 0.25) is 0 Å². The lowest BCUT2D eigenvalue weighted by atomic mass is 9.93. The predicted molar refractivity (Wildman–Crippen MR) is 97.6 cm³/mol. The van der Waals surface area contributed by atoms with E-state index >= 15 is 0 Å². The van der Waals surface area contributed by atoms with E-state index < -0.39 is 0 Å². The summed E-state index contributed by atoms with van der Waals surface area (Å²) in [6.07, 6.45) is 3.86. The van der Waals surface area contributed by atoms with Gasteiger partial charge in [-0.1, -0.05) is 0 Å². The number of piperidine rings is 1. The highest BCUT2D eigenvalue weighted by atomic mass is 32.1. The minimum absolute atomic E-state index is 0.331. The Bertz CT molecular complexity index is 718. The van der Waals surface area contributed by atoms with E-state index in [2.05, 4.69) is 30.6 Å². The zero-order valence-corrected chi connectivity index (χ0v) is 15.5. The lowest BCUT2D eigenvalue weighted by Gasteiger charge is -2.33. The molecule has 0 N–H and O–H groups in total. The lowest BCUT2D eigenvalue weighted by molar-refractivity contribution is -0.133. The first-order valence-corrected chi connectivity index (χ1v) is 10.2. The molecule has 0 aromatic carbocycles. The van der Waals surface area contributed by atoms with Crippen molar-refractivity contribution in [3.63, 3.8) is 0 Å². The first kappa shape index (κ1) is 16.0. The Kier molecular flexibility index (Phi) is 4.54. The number of rotatable bonds is 3. The number of anilines is 1. The average Bonchev–Trinajstić information content (AvgIpc) is 3.23. The molecule has 0 saturated carbocycles. The minimum Gasteiger partial charge on any atom is -0.347 e. The van der Waals surface area contributed by atoms with Crippen LogP contribution in [0.15, 0.2) is 11.4 Å². The van der Waals surface area contributed by atoms with Gasteiger partial charge in [0, 0.05) is 49.0 Å². The molecule has 2 aliphatic rings. The first-order chi connectivity index (χ1) is 11.7. The van der Waals surface area contributed by atoms with E-state index in [0.29, 0.717) is 18.2 Å². The number of amides is 1. The highest BCUT2D eigenvalue weighted by molar-refractivity contribution is 7.10. The highest BCUT2D eigenvalue weighted by Crippen LogP contribution is 2.28. The van der Waals surface area contributed by atoms with Crippen LogP contribution in [-0.4, -0.2) is 39.8 Å². The fourth-order valence-corrected chi connectivity index (χ4v) is 5.20. The summed E-state index contributed by atoms with van der Waals surface area (Å²) in [6.45, 7) is 5.60. The second-order valence-electron chi connectivity index (χ2n) is 6.69. The van der Waals surface area contributed by atoms with Gasteiger partial charge in [0.2, 0.25) is 11.0 Å². The van der Waals surface area contributed by atoms with E-state index in [-0.39, 0.29) is 0 Å². The monoisotopic (exact) mass is 362 g/mol. The molecule has 0 bridgehead atoms. The van der Waals surface area contributed by atoms with E-state index in [0.717, 1.165) is 56.4 Å². The Balaban J connectivity index is 1.29. The van der Waals surface area contributed by atoms with E-state index in [1.54, 1.807) is 0 Å². The van der Waals surface area contributed by atoms with Gasteiger partial charge in [-0.3, -0.25) is 4.79 Å². The van der Waals surface area contributed by atoms with Crippen LogP contribution in [0, 0.1) is 12.8 Å². The van der Waals surface area contributed by atoms with Gasteiger partial charge in [0.15, 0.2) is 0 Å². The Morgan fingerprint density at radius 3 is 2.92 bits per heavy atom. The minimum atomic E-state index is 0.331. The van der Waals surface area contributed by atoms with Crippen LogP contribution in [0.3, 0.4) is 0 Å². The van der Waals surface area contributed by atoms with Gasteiger partial charge in [0.25, 0.3) is 0 Å². The standard InChI is InChI=1S/C17H22N4OS2/c1-12-18-17(24-19-12)20-6-2-13(3-7-20)10-16(22)21-8-4-15-14(11-21)5-9-23-15/h5,9,13H,2-4,6-8,10-11H2,1H3. The molecule has 24 heavy (non-hydrogen) atoms. The fraction of sp³-hybridized carbons (Fsp3) is 0.588. The average molecular weight is 363 g/mol. The molecular weight excluding hydrogens is 340 g/mol. The van der Waals surface area contributed by atoms with Gasteiger partial charge in [0.1, 0.15) is 5.82 Å². The maximum atomic E-state index is 12.6. The molecule has 0 radical (unpaired) electrons. The third-order valence-electron chi connectivity index (χ3n) is 5.03. The maximum Gasteiger partial charge on any atom is 0.223 e. The summed E-state index contributed by atoms with van der Waals surface area (Å²) in [4.78, 5) is 22.9. The van der Waals surface area contributed by atoms with Crippen molar-refractivity contribution in [1.29, 1.82) is 0 Å². The zero-order chi connectivity index (χ0) is 16.5. The first-order valence-electron chi connectivity index (χ1n) is 8.57. The summed E-state index contributed by atoms with van der Waals surface area (Å²) in [7, 11) is 0. The van der Waals surface area contributed by atoms with Crippen molar-refractivity contribution in [2.75, 3.05) is 24.5 Å². The Morgan fingerprint density at radius 1 is 1.33 bits per heavy atom. The van der Waals surface area contributed by atoms with Crippen LogP contribution in [-0.2, 0) is 17.8 Å². The van der Waals surface area contributed by atoms with Crippen molar-refractivity contribution in [2.45, 2.75) is 39.2 Å². The van der Waals surface area contributed by atoms with Gasteiger partial charge >= 0.3 is 0 Å². The molecule has 0 unspecified atom stereocenters. The second kappa shape index (κ2) is 6.80. The summed E-state index contributed by atoms with van der Waals surface area (Å²) < 4.78 is 4.26. The molecule has 2 aliphatic heterocycles. The van der Waals surface area contributed by atoms with E-state index in [1.807, 2.05) is 18.3 Å². The van der Waals surface area contributed by atoms with Crippen molar-refractivity contribution >= 4 is 33.9 Å². The third kappa shape index (κ3) is 3.32. The number of fused-ring (bicyclic) bond motifs is 1. The van der Waals surface area contributed by atoms with Gasteiger partial charge in [-0.05, 0) is 49.1 Å². The Morgan fingerprint density at radius 2 is 2.17 bits per heavy atom. The fourth-order valence-electron chi connectivity index (χ4n) is 3.58. The Labute approximate surface area is 150 Å². The van der Waals surface area contributed by atoms with Crippen LogP contribution in [0.25, 0.3) is 0 Å². The molecule has 2 aromatic rings. The summed E-state index contributed by atoms with van der Waals surface area (Å²) in [5, 5.41) is 3.17. The van der Waals surface area contributed by atoms with Gasteiger partial charge in [-0.2, -0.15) is 4.37 Å². The summed E-state index contributed by atoms with van der Waals surface area (Å²) >= 11 is 3.30. The van der Waals surface area contributed by atoms with Crippen molar-refractivity contribution in [1.82, 2.24) is 14.3 Å². The van der Waals surface area contributed by atoms with Crippen LogP contribution in [0.1, 0.15) is 35.5 Å². The van der Waals surface area contributed by atoms with Crippen molar-refractivity contribution in [2.24, 2.45) is 5.92 Å². The molecular formula is C17H22N4OS2. The number of carbonyl (C=O) groups excluding carboxylic acids is 1. The van der Waals surface area contributed by atoms with E-state index in [4.69, 9.17) is 0 Å². The van der Waals surface area contributed by atoms with Crippen LogP contribution >= 0.6 is 22.9 Å². The molecule has 2 aromatic heterocycles. The highest BCUT2D eigenvalue weighted by Gasteiger charge is 2.27. The zero-order valence-electron chi connectivity index (χ0n) is 13.9. The van der Waals surface area contributed by atoms with E-state index in [1.165, 1.54) is 22.0 Å². The smallest absolute Gasteiger partial charge is 0.223 e. The molecule has 4 heterocycles. The second-order valence-corrected chi connectivity index (χ2v) is 8.42. The topological polar surface area (TPSA) is 49.3 Å². The predicted octanol–water partition coefficient (Wildman–Crippen LogP) is 3.10. The number of aryl methyl sites for hydroxylation is 1. The molecule has 1 amide bonds. The molecule has 128 valence electrons. The van der Waals surface area contributed by atoms with Gasteiger partial charge < -0.3 is 9.80 Å². The summed E-state index contributed by atoms with van der Waals surface area (Å²) in [6, 6.07) is 2.17. The van der Waals surface area contributed by atoms with Crippen LogP contribution < -0.4 is 4.90 Å². The third-order valence-corrected chi connectivity index (χ3v) is 6.92. The Hall–Kier alpha value is -1.47. The molecule has 0 atom stereocenters. The summed E-state index contributed by atoms with van der Waals surface area (Å²) in [5.41, 5.74) is 1.35. The van der Waals surface area contributed by atoms with Crippen molar-refractivity contribution < 1.29 is 4.79 Å². The molecule has 0 aliphatic carbocycles. The largest absolute Gasteiger partial charge is 0.347 e. The number of aromatic nitrogens is 2.